The van der Waals surface area contributed by atoms with E-state index < -0.39 is 23.2 Å². The van der Waals surface area contributed by atoms with Gasteiger partial charge in [-0.3, -0.25) is 4.79 Å². The summed E-state index contributed by atoms with van der Waals surface area (Å²) in [4.78, 5) is 18.2. The van der Waals surface area contributed by atoms with E-state index in [0.29, 0.717) is 62.2 Å². The van der Waals surface area contributed by atoms with Crippen molar-refractivity contribution in [1.29, 1.82) is 0 Å². The van der Waals surface area contributed by atoms with Crippen LogP contribution in [0.2, 0.25) is 0 Å². The van der Waals surface area contributed by atoms with E-state index in [2.05, 4.69) is 10.1 Å². The molecule has 34 heavy (non-hydrogen) atoms. The molecule has 1 aromatic carbocycles. The zero-order valence-corrected chi connectivity index (χ0v) is 18.7. The third-order valence-corrected chi connectivity index (χ3v) is 6.01. The van der Waals surface area contributed by atoms with Crippen LogP contribution in [0.3, 0.4) is 0 Å². The summed E-state index contributed by atoms with van der Waals surface area (Å²) in [6.07, 6.45) is -0.980. The molecule has 2 aliphatic heterocycles. The summed E-state index contributed by atoms with van der Waals surface area (Å²) in [5.41, 5.74) is -1.27. The van der Waals surface area contributed by atoms with Crippen LogP contribution in [0.1, 0.15) is 36.9 Å². The van der Waals surface area contributed by atoms with Crippen LogP contribution in [0.5, 0.6) is 17.2 Å². The van der Waals surface area contributed by atoms with Crippen molar-refractivity contribution in [3.05, 3.63) is 51.9 Å². The van der Waals surface area contributed by atoms with Gasteiger partial charge < -0.3 is 19.1 Å². The molecule has 4 heterocycles. The summed E-state index contributed by atoms with van der Waals surface area (Å²) in [7, 11) is 6.56. The lowest BCUT2D eigenvalue weighted by Gasteiger charge is -2.41. The van der Waals surface area contributed by atoms with Gasteiger partial charge in [-0.2, -0.15) is 4.52 Å². The third-order valence-electron chi connectivity index (χ3n) is 6.01. The third kappa shape index (κ3) is 4.38. The summed E-state index contributed by atoms with van der Waals surface area (Å²) in [5, 5.41) is 4.40. The second-order valence-corrected chi connectivity index (χ2v) is 8.55. The number of alkyl halides is 2. The molecule has 0 unspecified atom stereocenters. The summed E-state index contributed by atoms with van der Waals surface area (Å²) < 4.78 is 44.6. The number of piperidine rings is 1. The minimum Gasteiger partial charge on any atom is -0.497 e. The van der Waals surface area contributed by atoms with Crippen molar-refractivity contribution in [1.82, 2.24) is 14.6 Å². The maximum Gasteiger partial charge on any atom is 0.280 e. The Kier molecular flexibility index (Phi) is 5.79. The zero-order valence-electron chi connectivity index (χ0n) is 18.7. The van der Waals surface area contributed by atoms with Gasteiger partial charge in [0.1, 0.15) is 19.3 Å². The first-order valence-electron chi connectivity index (χ1n) is 11.1. The second kappa shape index (κ2) is 8.77. The highest BCUT2D eigenvalue weighted by Gasteiger charge is 2.33. The fourth-order valence-corrected chi connectivity index (χ4v) is 4.20. The normalized spacial score (nSPS) is 17.6. The SMILES string of the molecule is [B]C1(Oc2ccc3c(c2)OCCCO3)CCN(c2nn3c(=O)cc(C(F)F)nc3cc2C)CC1. The second-order valence-electron chi connectivity index (χ2n) is 8.55. The van der Waals surface area contributed by atoms with Gasteiger partial charge in [-0.1, -0.05) is 0 Å². The average Bonchev–Trinajstić information content (AvgIpc) is 3.04. The molecule has 8 nitrogen and oxygen atoms in total. The van der Waals surface area contributed by atoms with Gasteiger partial charge in [0.15, 0.2) is 23.0 Å². The van der Waals surface area contributed by atoms with Crippen LogP contribution in [0.25, 0.3) is 5.65 Å². The fourth-order valence-electron chi connectivity index (χ4n) is 4.20. The number of halogens is 2. The Hall–Kier alpha value is -3.37. The highest BCUT2D eigenvalue weighted by molar-refractivity contribution is 6.14. The Morgan fingerprint density at radius 1 is 1.12 bits per heavy atom. The summed E-state index contributed by atoms with van der Waals surface area (Å²) in [6, 6.07) is 7.84. The van der Waals surface area contributed by atoms with E-state index in [0.717, 1.165) is 22.6 Å². The number of rotatable bonds is 4. The number of hydrogen-bond acceptors (Lipinski definition) is 7. The molecule has 5 rings (SSSR count). The van der Waals surface area contributed by atoms with Crippen LogP contribution in [0.15, 0.2) is 35.1 Å². The van der Waals surface area contributed by atoms with E-state index in [1.807, 2.05) is 24.0 Å². The van der Waals surface area contributed by atoms with E-state index in [1.54, 1.807) is 12.1 Å². The van der Waals surface area contributed by atoms with Crippen molar-refractivity contribution in [2.24, 2.45) is 0 Å². The molecular formula is C23H23BF2N4O4. The Labute approximate surface area is 195 Å². The summed E-state index contributed by atoms with van der Waals surface area (Å²) in [5.74, 6) is 2.52. The van der Waals surface area contributed by atoms with Gasteiger partial charge in [0.05, 0.1) is 18.7 Å². The van der Waals surface area contributed by atoms with Crippen molar-refractivity contribution in [2.75, 3.05) is 31.2 Å². The molecule has 0 saturated carbocycles. The molecule has 3 aromatic rings. The number of aryl methyl sites for hydroxylation is 1. The zero-order chi connectivity index (χ0) is 23.9. The molecule has 0 atom stereocenters. The minimum absolute atomic E-state index is 0.0898. The monoisotopic (exact) mass is 468 g/mol. The van der Waals surface area contributed by atoms with Gasteiger partial charge in [-0.15, -0.1) is 5.10 Å². The maximum absolute atomic E-state index is 13.0. The predicted octanol–water partition coefficient (Wildman–Crippen LogP) is 3.04. The summed E-state index contributed by atoms with van der Waals surface area (Å²) >= 11 is 0. The summed E-state index contributed by atoms with van der Waals surface area (Å²) in [6.45, 7) is 4.08. The lowest BCUT2D eigenvalue weighted by molar-refractivity contribution is 0.126. The number of fused-ring (bicyclic) bond motifs is 2. The largest absolute Gasteiger partial charge is 0.497 e. The topological polar surface area (TPSA) is 78.2 Å². The van der Waals surface area contributed by atoms with E-state index in [4.69, 9.17) is 22.1 Å². The number of ether oxygens (including phenoxy) is 3. The lowest BCUT2D eigenvalue weighted by atomic mass is 9.73. The van der Waals surface area contributed by atoms with Gasteiger partial charge in [0, 0.05) is 31.6 Å². The molecule has 1 saturated heterocycles. The van der Waals surface area contributed by atoms with Crippen LogP contribution >= 0.6 is 0 Å². The molecule has 176 valence electrons. The van der Waals surface area contributed by atoms with Crippen molar-refractivity contribution in [2.45, 2.75) is 38.1 Å². The smallest absolute Gasteiger partial charge is 0.280 e. The molecular weight excluding hydrogens is 445 g/mol. The molecule has 0 N–H and O–H groups in total. The van der Waals surface area contributed by atoms with Gasteiger partial charge in [0.25, 0.3) is 12.0 Å². The number of benzene rings is 1. The van der Waals surface area contributed by atoms with Crippen molar-refractivity contribution < 1.29 is 23.0 Å². The van der Waals surface area contributed by atoms with Crippen LogP contribution < -0.4 is 24.7 Å². The number of aromatic nitrogens is 3. The minimum atomic E-state index is -2.82. The quantitative estimate of drug-likeness (QED) is 0.545. The molecule has 1 fully saturated rings. The Morgan fingerprint density at radius 3 is 2.59 bits per heavy atom. The lowest BCUT2D eigenvalue weighted by Crippen LogP contribution is -2.49. The molecule has 0 spiro atoms. The molecule has 2 aromatic heterocycles. The fraction of sp³-hybridized carbons (Fsp3) is 0.435. The Balaban J connectivity index is 1.32. The Bertz CT molecular complexity index is 1280. The van der Waals surface area contributed by atoms with E-state index in [9.17, 15) is 13.6 Å². The highest BCUT2D eigenvalue weighted by Crippen LogP contribution is 2.36. The van der Waals surface area contributed by atoms with E-state index >= 15 is 0 Å². The van der Waals surface area contributed by atoms with Crippen LogP contribution in [0.4, 0.5) is 14.6 Å². The van der Waals surface area contributed by atoms with E-state index in [1.165, 1.54) is 0 Å². The molecule has 0 amide bonds. The van der Waals surface area contributed by atoms with E-state index in [-0.39, 0.29) is 5.65 Å². The van der Waals surface area contributed by atoms with Crippen LogP contribution in [0, 0.1) is 6.92 Å². The molecule has 0 bridgehead atoms. The van der Waals surface area contributed by atoms with Crippen molar-refractivity contribution >= 4 is 19.3 Å². The highest BCUT2D eigenvalue weighted by atomic mass is 19.3. The molecule has 11 heteroatoms. The van der Waals surface area contributed by atoms with Crippen molar-refractivity contribution in [3.8, 4) is 17.2 Å². The predicted molar refractivity (Wildman–Crippen MR) is 122 cm³/mol. The first-order chi connectivity index (χ1) is 16.3. The van der Waals surface area contributed by atoms with Crippen LogP contribution in [-0.2, 0) is 0 Å². The molecule has 2 radical (unpaired) electrons. The van der Waals surface area contributed by atoms with Gasteiger partial charge >= 0.3 is 0 Å². The number of hydrogen-bond donors (Lipinski definition) is 0. The first kappa shape index (κ1) is 22.4. The molecule has 0 aliphatic carbocycles. The van der Waals surface area contributed by atoms with Gasteiger partial charge in [-0.25, -0.2) is 13.8 Å². The number of anilines is 1. The van der Waals surface area contributed by atoms with Gasteiger partial charge in [-0.05, 0) is 43.5 Å². The Morgan fingerprint density at radius 2 is 1.85 bits per heavy atom. The molecule has 2 aliphatic rings. The number of nitrogens with zero attached hydrogens (tertiary/aromatic N) is 4. The maximum atomic E-state index is 13.0. The van der Waals surface area contributed by atoms with Crippen molar-refractivity contribution in [3.63, 3.8) is 0 Å². The first-order valence-corrected chi connectivity index (χ1v) is 11.1. The standard InChI is InChI=1S/C23H23BF2N4O4/c1-14-11-19-27-16(21(25)26)13-20(31)30(19)28-22(14)29-7-5-23(24,6-8-29)34-15-3-4-17-18(12-15)33-10-2-9-32-17/h3-4,11-13,21H,2,5-10H2,1H3. The van der Waals surface area contributed by atoms with Gasteiger partial charge in [0.2, 0.25) is 0 Å². The van der Waals surface area contributed by atoms with Crippen LogP contribution in [-0.4, -0.2) is 54.2 Å². The average molecular weight is 468 g/mol.